The Hall–Kier alpha value is -2.15. The average molecular weight is 463 g/mol. The first kappa shape index (κ1) is 26.9. The van der Waals surface area contributed by atoms with E-state index < -0.39 is 44.4 Å². The molecule has 0 radical (unpaired) electrons. The fraction of sp³-hybridized carbons (Fsp3) is 0.588. The third kappa shape index (κ3) is 11.2. The minimum atomic E-state index is -5.40. The van der Waals surface area contributed by atoms with Gasteiger partial charge < -0.3 is 24.4 Å². The minimum Gasteiger partial charge on any atom is -0.489 e. The monoisotopic (exact) mass is 463 g/mol. The first-order chi connectivity index (χ1) is 14.4. The maximum absolute atomic E-state index is 13.2. The van der Waals surface area contributed by atoms with Crippen LogP contribution in [0, 0.1) is 11.3 Å². The minimum absolute atomic E-state index is 0.237. The highest BCUT2D eigenvalue weighted by Crippen LogP contribution is 2.33. The van der Waals surface area contributed by atoms with Gasteiger partial charge in [-0.2, -0.15) is 22.8 Å². The number of alkyl halides is 6. The second-order valence-electron chi connectivity index (χ2n) is 5.80. The van der Waals surface area contributed by atoms with Crippen LogP contribution in [0.1, 0.15) is 5.56 Å². The van der Waals surface area contributed by atoms with E-state index in [9.17, 15) is 31.4 Å². The number of halogens is 6. The van der Waals surface area contributed by atoms with Crippen LogP contribution >= 0.6 is 0 Å². The van der Waals surface area contributed by atoms with Gasteiger partial charge in [-0.1, -0.05) is 12.1 Å². The normalized spacial score (nSPS) is 13.6. The summed E-state index contributed by atoms with van der Waals surface area (Å²) in [6, 6.07) is 8.17. The SMILES string of the molecule is N#Cc1ccccc1OCC(O)COCCOCC(F)(F)OC(F)(F)OC(F)(F)CO. The lowest BCUT2D eigenvalue weighted by Gasteiger charge is -2.25. The zero-order chi connectivity index (χ0) is 23.5. The van der Waals surface area contributed by atoms with E-state index in [1.165, 1.54) is 12.1 Å². The Morgan fingerprint density at radius 3 is 2.19 bits per heavy atom. The Kier molecular flexibility index (Phi) is 10.4. The van der Waals surface area contributed by atoms with Gasteiger partial charge in [0.1, 0.15) is 37.7 Å². The van der Waals surface area contributed by atoms with Gasteiger partial charge >= 0.3 is 18.5 Å². The van der Waals surface area contributed by atoms with E-state index in [0.29, 0.717) is 0 Å². The molecular weight excluding hydrogens is 444 g/mol. The third-order valence-electron chi connectivity index (χ3n) is 3.11. The Morgan fingerprint density at radius 2 is 1.55 bits per heavy atom. The molecule has 2 N–H and O–H groups in total. The number of aliphatic hydroxyl groups excluding tert-OH is 2. The van der Waals surface area contributed by atoms with Crippen LogP contribution in [0.2, 0.25) is 0 Å². The van der Waals surface area contributed by atoms with Crippen molar-refractivity contribution in [2.45, 2.75) is 24.6 Å². The highest BCUT2D eigenvalue weighted by Gasteiger charge is 2.52. The maximum atomic E-state index is 13.2. The molecule has 0 amide bonds. The van der Waals surface area contributed by atoms with Crippen LogP contribution in [-0.4, -0.2) is 74.5 Å². The molecule has 1 atom stereocenters. The molecule has 0 heterocycles. The van der Waals surface area contributed by atoms with E-state index in [-0.39, 0.29) is 31.1 Å². The Morgan fingerprint density at radius 1 is 0.935 bits per heavy atom. The number of ether oxygens (including phenoxy) is 5. The van der Waals surface area contributed by atoms with Gasteiger partial charge in [0.05, 0.1) is 25.4 Å². The fourth-order valence-electron chi connectivity index (χ4n) is 1.88. The number of para-hydroxylation sites is 1. The van der Waals surface area contributed by atoms with Gasteiger partial charge in [-0.05, 0) is 12.1 Å². The van der Waals surface area contributed by atoms with Crippen LogP contribution in [0.5, 0.6) is 5.75 Å². The van der Waals surface area contributed by atoms with Gasteiger partial charge in [0, 0.05) is 0 Å². The third-order valence-corrected chi connectivity index (χ3v) is 3.11. The lowest BCUT2D eigenvalue weighted by molar-refractivity contribution is -0.517. The number of hydrogen-bond donors (Lipinski definition) is 2. The summed E-state index contributed by atoms with van der Waals surface area (Å²) in [6.07, 6.45) is -16.0. The first-order valence-electron chi connectivity index (χ1n) is 8.50. The Bertz CT molecular complexity index is 716. The van der Waals surface area contributed by atoms with Gasteiger partial charge in [-0.25, -0.2) is 9.47 Å². The van der Waals surface area contributed by atoms with E-state index in [1.807, 2.05) is 6.07 Å². The fourth-order valence-corrected chi connectivity index (χ4v) is 1.88. The molecule has 31 heavy (non-hydrogen) atoms. The quantitative estimate of drug-likeness (QED) is 0.231. The molecule has 1 unspecified atom stereocenters. The summed E-state index contributed by atoms with van der Waals surface area (Å²) in [6.45, 7) is -5.32. The van der Waals surface area contributed by atoms with Crippen molar-refractivity contribution < 1.29 is 60.2 Å². The average Bonchev–Trinajstić information content (AvgIpc) is 2.67. The predicted octanol–water partition coefficient (Wildman–Crippen LogP) is 2.09. The van der Waals surface area contributed by atoms with E-state index in [1.54, 1.807) is 12.1 Å². The molecule has 0 saturated heterocycles. The van der Waals surface area contributed by atoms with Crippen molar-refractivity contribution in [3.05, 3.63) is 29.8 Å². The van der Waals surface area contributed by atoms with Gasteiger partial charge in [0.2, 0.25) is 0 Å². The molecule has 0 saturated carbocycles. The van der Waals surface area contributed by atoms with Crippen molar-refractivity contribution in [2.24, 2.45) is 0 Å². The van der Waals surface area contributed by atoms with Gasteiger partial charge in [0.15, 0.2) is 0 Å². The van der Waals surface area contributed by atoms with E-state index in [4.69, 9.17) is 19.8 Å². The zero-order valence-corrected chi connectivity index (χ0v) is 15.8. The van der Waals surface area contributed by atoms with E-state index in [0.717, 1.165) is 0 Å². The molecule has 0 aromatic heterocycles. The van der Waals surface area contributed by atoms with Gasteiger partial charge in [-0.15, -0.1) is 8.78 Å². The van der Waals surface area contributed by atoms with Crippen molar-refractivity contribution in [2.75, 3.05) is 39.6 Å². The highest BCUT2D eigenvalue weighted by atomic mass is 19.3. The van der Waals surface area contributed by atoms with Crippen LogP contribution in [0.25, 0.3) is 0 Å². The molecule has 14 heteroatoms. The van der Waals surface area contributed by atoms with Crippen molar-refractivity contribution in [3.8, 4) is 11.8 Å². The van der Waals surface area contributed by atoms with Crippen LogP contribution in [0.3, 0.4) is 0 Å². The van der Waals surface area contributed by atoms with Crippen LogP contribution in [0.4, 0.5) is 26.3 Å². The molecule has 0 bridgehead atoms. The number of nitriles is 1. The number of rotatable bonds is 15. The second-order valence-corrected chi connectivity index (χ2v) is 5.80. The molecule has 1 aromatic carbocycles. The lowest BCUT2D eigenvalue weighted by Crippen LogP contribution is -2.43. The van der Waals surface area contributed by atoms with Crippen molar-refractivity contribution in [1.82, 2.24) is 0 Å². The summed E-state index contributed by atoms with van der Waals surface area (Å²) >= 11 is 0. The largest absolute Gasteiger partial charge is 0.495 e. The number of aliphatic hydroxyl groups is 2. The molecule has 0 spiro atoms. The van der Waals surface area contributed by atoms with Gasteiger partial charge in [-0.3, -0.25) is 0 Å². The molecule has 0 aliphatic carbocycles. The summed E-state index contributed by atoms with van der Waals surface area (Å²) < 4.78 is 97.4. The van der Waals surface area contributed by atoms with E-state index in [2.05, 4.69) is 14.2 Å². The maximum Gasteiger partial charge on any atom is 0.495 e. The van der Waals surface area contributed by atoms with Gasteiger partial charge in [0.25, 0.3) is 0 Å². The summed E-state index contributed by atoms with van der Waals surface area (Å²) in [5.41, 5.74) is 0.253. The molecule has 8 nitrogen and oxygen atoms in total. The second kappa shape index (κ2) is 12.0. The van der Waals surface area contributed by atoms with Crippen molar-refractivity contribution >= 4 is 0 Å². The standard InChI is InChI=1S/C17H19F6NO7/c18-15(19,10-25)30-17(22,23)31-16(20,21)11-28-6-5-27-8-13(26)9-29-14-4-2-1-3-12(14)7-24/h1-4,13,25-26H,5-6,8-11H2. The molecule has 0 fully saturated rings. The summed E-state index contributed by atoms with van der Waals surface area (Å²) in [5, 5.41) is 26.7. The first-order valence-corrected chi connectivity index (χ1v) is 8.50. The van der Waals surface area contributed by atoms with Crippen molar-refractivity contribution in [3.63, 3.8) is 0 Å². The molecule has 0 aliphatic heterocycles. The molecule has 0 aliphatic rings. The number of nitrogens with zero attached hydrogens (tertiary/aromatic N) is 1. The number of hydrogen-bond acceptors (Lipinski definition) is 8. The zero-order valence-electron chi connectivity index (χ0n) is 15.8. The van der Waals surface area contributed by atoms with Crippen LogP contribution in [-0.2, 0) is 18.9 Å². The lowest BCUT2D eigenvalue weighted by atomic mass is 10.2. The summed E-state index contributed by atoms with van der Waals surface area (Å²) in [4.78, 5) is 0. The summed E-state index contributed by atoms with van der Waals surface area (Å²) in [7, 11) is 0. The molecule has 176 valence electrons. The summed E-state index contributed by atoms with van der Waals surface area (Å²) in [5.74, 6) is 0.243. The Balaban J connectivity index is 2.24. The predicted molar refractivity (Wildman–Crippen MR) is 88.4 cm³/mol. The van der Waals surface area contributed by atoms with E-state index >= 15 is 0 Å². The highest BCUT2D eigenvalue weighted by molar-refractivity contribution is 5.42. The topological polar surface area (TPSA) is 110 Å². The Labute approximate surface area is 172 Å². The molecule has 1 aromatic rings. The molecular formula is C17H19F6NO7. The van der Waals surface area contributed by atoms with Crippen LogP contribution in [0.15, 0.2) is 24.3 Å². The van der Waals surface area contributed by atoms with Crippen LogP contribution < -0.4 is 4.74 Å². The number of benzene rings is 1. The molecule has 1 rings (SSSR count). The smallest absolute Gasteiger partial charge is 0.489 e. The van der Waals surface area contributed by atoms with Crippen molar-refractivity contribution in [1.29, 1.82) is 5.26 Å².